The summed E-state index contributed by atoms with van der Waals surface area (Å²) in [6, 6.07) is 17.9. The monoisotopic (exact) mass is 610 g/mol. The van der Waals surface area contributed by atoms with E-state index in [1.54, 1.807) is 36.4 Å². The molecule has 4 rings (SSSR count). The quantitative estimate of drug-likeness (QED) is 0.246. The van der Waals surface area contributed by atoms with Crippen molar-refractivity contribution in [3.05, 3.63) is 71.9 Å². The van der Waals surface area contributed by atoms with Gasteiger partial charge in [-0.1, -0.05) is 60.3 Å². The van der Waals surface area contributed by atoms with Crippen molar-refractivity contribution in [2.45, 2.75) is 57.5 Å². The Labute approximate surface area is 252 Å². The minimum Gasteiger partial charge on any atom is -0.463 e. The predicted molar refractivity (Wildman–Crippen MR) is 155 cm³/mol. The van der Waals surface area contributed by atoms with Gasteiger partial charge < -0.3 is 23.7 Å². The van der Waals surface area contributed by atoms with Gasteiger partial charge in [-0.2, -0.15) is 0 Å². The summed E-state index contributed by atoms with van der Waals surface area (Å²) < 4.78 is 27.9. The minimum absolute atomic E-state index is 0.142. The largest absolute Gasteiger partial charge is 0.463 e. The molecular weight excluding hydrogens is 580 g/mol. The second-order valence-electron chi connectivity index (χ2n) is 9.50. The van der Waals surface area contributed by atoms with E-state index in [1.807, 2.05) is 30.3 Å². The Bertz CT molecular complexity index is 1430. The van der Waals surface area contributed by atoms with Crippen LogP contribution in [0.1, 0.15) is 33.3 Å². The van der Waals surface area contributed by atoms with Crippen molar-refractivity contribution in [1.82, 2.24) is 0 Å². The van der Waals surface area contributed by atoms with Gasteiger partial charge in [-0.3, -0.25) is 28.9 Å². The van der Waals surface area contributed by atoms with Crippen LogP contribution >= 0.6 is 11.8 Å². The van der Waals surface area contributed by atoms with Crippen molar-refractivity contribution in [2.24, 2.45) is 4.99 Å². The van der Waals surface area contributed by atoms with Crippen molar-refractivity contribution in [3.8, 4) is 0 Å². The maximum Gasteiger partial charge on any atom is 0.303 e. The van der Waals surface area contributed by atoms with E-state index in [2.05, 4.69) is 4.99 Å². The summed E-state index contributed by atoms with van der Waals surface area (Å²) >= 11 is 0.932. The molecule has 1 amide bonds. The van der Waals surface area contributed by atoms with Crippen molar-refractivity contribution < 1.29 is 47.7 Å². The number of esters is 4. The Kier molecular flexibility index (Phi) is 10.3. The number of hydrogen-bond acceptors (Lipinski definition) is 12. The van der Waals surface area contributed by atoms with Gasteiger partial charge in [-0.25, -0.2) is 4.99 Å². The Morgan fingerprint density at radius 3 is 1.95 bits per heavy atom. The number of nitrogens with zero attached hydrogens (tertiary/aromatic N) is 2. The van der Waals surface area contributed by atoms with Crippen LogP contribution in [0.4, 0.5) is 5.69 Å². The lowest BCUT2D eigenvalue weighted by molar-refractivity contribution is -0.237. The fraction of sp³-hybridized carbons (Fsp3) is 0.333. The second-order valence-corrected chi connectivity index (χ2v) is 10.6. The normalized spacial score (nSPS) is 24.2. The van der Waals surface area contributed by atoms with Gasteiger partial charge in [0.1, 0.15) is 18.4 Å². The standard InChI is InChI=1S/C30H30N2O10S/c1-17(33)38-16-24-25(39-18(2)34)26(40-19(3)35)27(41-20(4)36)29(42-24)43-30-31-23(15-21-11-7-5-8-12-21)28(37)32(30)22-13-9-6-10-14-22/h5-15,24-27,29H,16H2,1-4H3/b23-15-. The Morgan fingerprint density at radius 2 is 1.37 bits per heavy atom. The molecule has 0 aliphatic carbocycles. The highest BCUT2D eigenvalue weighted by molar-refractivity contribution is 8.14. The summed E-state index contributed by atoms with van der Waals surface area (Å²) in [5.74, 6) is -3.25. The lowest BCUT2D eigenvalue weighted by Gasteiger charge is -2.44. The molecule has 2 aromatic rings. The molecule has 2 aliphatic rings. The highest BCUT2D eigenvalue weighted by Crippen LogP contribution is 2.38. The fourth-order valence-corrected chi connectivity index (χ4v) is 5.67. The van der Waals surface area contributed by atoms with Crippen LogP contribution in [0.2, 0.25) is 0 Å². The summed E-state index contributed by atoms with van der Waals surface area (Å²) in [5, 5.41) is 0.180. The van der Waals surface area contributed by atoms with E-state index in [1.165, 1.54) is 11.8 Å². The molecule has 0 bridgehead atoms. The number of carbonyl (C=O) groups is 5. The van der Waals surface area contributed by atoms with Crippen LogP contribution in [-0.4, -0.2) is 71.4 Å². The zero-order valence-electron chi connectivity index (χ0n) is 23.8. The number of hydrogen-bond donors (Lipinski definition) is 0. The maximum absolute atomic E-state index is 13.7. The number of rotatable bonds is 8. The molecule has 226 valence electrons. The summed E-state index contributed by atoms with van der Waals surface area (Å²) in [6.45, 7) is 4.27. The van der Waals surface area contributed by atoms with Crippen molar-refractivity contribution in [1.29, 1.82) is 0 Å². The smallest absolute Gasteiger partial charge is 0.303 e. The molecule has 0 saturated carbocycles. The van der Waals surface area contributed by atoms with E-state index in [-0.39, 0.29) is 17.5 Å². The number of carbonyl (C=O) groups excluding carboxylic acids is 5. The Balaban J connectivity index is 1.78. The number of amides is 1. The van der Waals surface area contributed by atoms with E-state index in [0.717, 1.165) is 38.1 Å². The zero-order chi connectivity index (χ0) is 31.1. The van der Waals surface area contributed by atoms with Gasteiger partial charge in [0.2, 0.25) is 0 Å². The summed E-state index contributed by atoms with van der Waals surface area (Å²) in [6.07, 6.45) is -3.46. The molecule has 1 saturated heterocycles. The lowest BCUT2D eigenvalue weighted by atomic mass is 9.99. The third-order valence-electron chi connectivity index (χ3n) is 6.12. The number of para-hydroxylation sites is 1. The van der Waals surface area contributed by atoms with Crippen LogP contribution in [0.25, 0.3) is 6.08 Å². The highest BCUT2D eigenvalue weighted by atomic mass is 32.2. The first kappa shape index (κ1) is 31.4. The first-order chi connectivity index (χ1) is 20.5. The summed E-state index contributed by atoms with van der Waals surface area (Å²) in [4.78, 5) is 67.7. The highest BCUT2D eigenvalue weighted by Gasteiger charge is 2.53. The van der Waals surface area contributed by atoms with Gasteiger partial charge in [0.05, 0.1) is 5.69 Å². The molecule has 0 spiro atoms. The third kappa shape index (κ3) is 8.08. The van der Waals surface area contributed by atoms with Gasteiger partial charge >= 0.3 is 23.9 Å². The molecule has 0 radical (unpaired) electrons. The second kappa shape index (κ2) is 14.1. The van der Waals surface area contributed by atoms with Crippen LogP contribution in [-0.2, 0) is 47.7 Å². The fourth-order valence-electron chi connectivity index (χ4n) is 4.47. The molecule has 5 unspecified atom stereocenters. The number of anilines is 1. The van der Waals surface area contributed by atoms with Gasteiger partial charge in [-0.15, -0.1) is 0 Å². The van der Waals surface area contributed by atoms with E-state index in [4.69, 9.17) is 23.7 Å². The SMILES string of the molecule is CC(=O)OCC1OC(SC2=N/C(=C\c3ccccc3)C(=O)N2c2ccccc2)C(OC(C)=O)C(OC(C)=O)C1OC(C)=O. The van der Waals surface area contributed by atoms with Gasteiger partial charge in [0, 0.05) is 27.7 Å². The predicted octanol–water partition coefficient (Wildman–Crippen LogP) is 3.25. The van der Waals surface area contributed by atoms with Gasteiger partial charge in [-0.05, 0) is 23.8 Å². The van der Waals surface area contributed by atoms with Gasteiger partial charge in [0.25, 0.3) is 5.91 Å². The minimum atomic E-state index is -1.35. The van der Waals surface area contributed by atoms with E-state index in [0.29, 0.717) is 5.69 Å². The number of aliphatic imine (C=N–C) groups is 1. The number of thioether (sulfide) groups is 1. The zero-order valence-corrected chi connectivity index (χ0v) is 24.6. The molecule has 2 aromatic carbocycles. The molecule has 0 aromatic heterocycles. The van der Waals surface area contributed by atoms with Crippen molar-refractivity contribution in [2.75, 3.05) is 11.5 Å². The molecular formula is C30H30N2O10S. The van der Waals surface area contributed by atoms with Crippen LogP contribution < -0.4 is 4.90 Å². The van der Waals surface area contributed by atoms with Crippen LogP contribution in [0, 0.1) is 0 Å². The van der Waals surface area contributed by atoms with Crippen molar-refractivity contribution in [3.63, 3.8) is 0 Å². The molecule has 2 aliphatic heterocycles. The third-order valence-corrected chi connectivity index (χ3v) is 7.21. The maximum atomic E-state index is 13.7. The summed E-state index contributed by atoms with van der Waals surface area (Å²) in [7, 11) is 0. The number of benzene rings is 2. The average Bonchev–Trinajstić information content (AvgIpc) is 3.25. The molecule has 1 fully saturated rings. The number of amidine groups is 1. The van der Waals surface area contributed by atoms with Crippen LogP contribution in [0.3, 0.4) is 0 Å². The van der Waals surface area contributed by atoms with E-state index < -0.39 is 59.6 Å². The van der Waals surface area contributed by atoms with Gasteiger partial charge in [0.15, 0.2) is 28.9 Å². The molecule has 13 heteroatoms. The molecule has 2 heterocycles. The molecule has 0 N–H and O–H groups in total. The first-order valence-corrected chi connectivity index (χ1v) is 14.1. The molecule has 12 nitrogen and oxygen atoms in total. The Hall–Kier alpha value is -4.49. The first-order valence-electron chi connectivity index (χ1n) is 13.3. The van der Waals surface area contributed by atoms with E-state index in [9.17, 15) is 24.0 Å². The Morgan fingerprint density at radius 1 is 0.814 bits per heavy atom. The molecule has 43 heavy (non-hydrogen) atoms. The topological polar surface area (TPSA) is 147 Å². The molecule has 5 atom stereocenters. The van der Waals surface area contributed by atoms with Crippen molar-refractivity contribution >= 4 is 58.5 Å². The van der Waals surface area contributed by atoms with Crippen LogP contribution in [0.5, 0.6) is 0 Å². The van der Waals surface area contributed by atoms with E-state index >= 15 is 0 Å². The lowest BCUT2D eigenvalue weighted by Crippen LogP contribution is -2.61. The number of ether oxygens (including phenoxy) is 5. The average molecular weight is 611 g/mol. The summed E-state index contributed by atoms with van der Waals surface area (Å²) in [5.41, 5.74) is 0.250. The van der Waals surface area contributed by atoms with Crippen LogP contribution in [0.15, 0.2) is 71.4 Å².